The number of nitrogen functional groups attached to an aromatic ring is 1. The maximum Gasteiger partial charge on any atom is 0.152 e. The van der Waals surface area contributed by atoms with Crippen molar-refractivity contribution in [3.8, 4) is 0 Å². The second-order valence-electron chi connectivity index (χ2n) is 4.07. The minimum Gasteiger partial charge on any atom is -0.384 e. The van der Waals surface area contributed by atoms with Gasteiger partial charge < -0.3 is 15.4 Å². The van der Waals surface area contributed by atoms with Crippen LogP contribution in [-0.4, -0.2) is 36.1 Å². The molecule has 1 fully saturated rings. The zero-order chi connectivity index (χ0) is 10.8. The molecule has 1 aliphatic rings. The van der Waals surface area contributed by atoms with E-state index < -0.39 is 0 Å². The number of anilines is 2. The van der Waals surface area contributed by atoms with Crippen LogP contribution in [0.1, 0.15) is 19.9 Å². The second kappa shape index (κ2) is 4.10. The number of ether oxygens (including phenoxy) is 1. The predicted octanol–water partition coefficient (Wildman–Crippen LogP) is 0.883. The summed E-state index contributed by atoms with van der Waals surface area (Å²) in [7, 11) is 0. The van der Waals surface area contributed by atoms with Gasteiger partial charge in [-0.05, 0) is 13.8 Å². The summed E-state index contributed by atoms with van der Waals surface area (Å²) in [5.74, 6) is 1.69. The van der Waals surface area contributed by atoms with E-state index in [9.17, 15) is 0 Å². The number of morpholine rings is 1. The lowest BCUT2D eigenvalue weighted by molar-refractivity contribution is 0.122. The average Bonchev–Trinajstić information content (AvgIpc) is 2.62. The summed E-state index contributed by atoms with van der Waals surface area (Å²) in [6.07, 6.45) is 0. The summed E-state index contributed by atoms with van der Waals surface area (Å²) in [6.45, 7) is 7.49. The molecule has 5 nitrogen and oxygen atoms in total. The van der Waals surface area contributed by atoms with Crippen LogP contribution in [0.4, 0.5) is 11.6 Å². The SMILES string of the molecule is CC(C)n1nc(N2CCOCC2)cc1N. The van der Waals surface area contributed by atoms with Gasteiger partial charge in [-0.25, -0.2) is 4.68 Å². The molecule has 15 heavy (non-hydrogen) atoms. The molecule has 0 atom stereocenters. The van der Waals surface area contributed by atoms with Gasteiger partial charge in [0, 0.05) is 25.2 Å². The molecule has 0 saturated carbocycles. The minimum atomic E-state index is 0.305. The molecule has 2 N–H and O–H groups in total. The fourth-order valence-corrected chi connectivity index (χ4v) is 1.76. The first-order chi connectivity index (χ1) is 7.18. The Hall–Kier alpha value is -1.23. The first kappa shape index (κ1) is 10.3. The number of nitrogens with two attached hydrogens (primary N) is 1. The number of hydrogen-bond donors (Lipinski definition) is 1. The van der Waals surface area contributed by atoms with E-state index in [4.69, 9.17) is 10.5 Å². The van der Waals surface area contributed by atoms with Gasteiger partial charge in [-0.2, -0.15) is 5.10 Å². The van der Waals surface area contributed by atoms with Crippen LogP contribution in [0, 0.1) is 0 Å². The Balaban J connectivity index is 2.17. The highest BCUT2D eigenvalue weighted by Crippen LogP contribution is 2.20. The third-order valence-electron chi connectivity index (χ3n) is 2.58. The molecule has 84 valence electrons. The highest BCUT2D eigenvalue weighted by Gasteiger charge is 2.16. The molecular formula is C10H18N4O. The lowest BCUT2D eigenvalue weighted by Gasteiger charge is -2.26. The standard InChI is InChI=1S/C10H18N4O/c1-8(2)14-9(11)7-10(12-14)13-3-5-15-6-4-13/h7-8H,3-6,11H2,1-2H3. The Morgan fingerprint density at radius 2 is 2.07 bits per heavy atom. The summed E-state index contributed by atoms with van der Waals surface area (Å²) >= 11 is 0. The average molecular weight is 210 g/mol. The summed E-state index contributed by atoms with van der Waals surface area (Å²) in [4.78, 5) is 2.21. The maximum atomic E-state index is 5.89. The van der Waals surface area contributed by atoms with Gasteiger partial charge in [0.2, 0.25) is 0 Å². The first-order valence-corrected chi connectivity index (χ1v) is 5.36. The topological polar surface area (TPSA) is 56.3 Å². The Morgan fingerprint density at radius 1 is 1.40 bits per heavy atom. The van der Waals surface area contributed by atoms with Crippen molar-refractivity contribution in [1.29, 1.82) is 0 Å². The van der Waals surface area contributed by atoms with Gasteiger partial charge in [0.15, 0.2) is 5.82 Å². The summed E-state index contributed by atoms with van der Waals surface area (Å²) in [5.41, 5.74) is 5.89. The summed E-state index contributed by atoms with van der Waals surface area (Å²) in [5, 5.41) is 4.50. The molecule has 1 aliphatic heterocycles. The Labute approximate surface area is 89.8 Å². The fourth-order valence-electron chi connectivity index (χ4n) is 1.76. The third kappa shape index (κ3) is 2.07. The van der Waals surface area contributed by atoms with Crippen LogP contribution >= 0.6 is 0 Å². The second-order valence-corrected chi connectivity index (χ2v) is 4.07. The van der Waals surface area contributed by atoms with Crippen LogP contribution in [0.3, 0.4) is 0 Å². The lowest BCUT2D eigenvalue weighted by Crippen LogP contribution is -2.36. The van der Waals surface area contributed by atoms with E-state index in [-0.39, 0.29) is 0 Å². The van der Waals surface area contributed by atoms with Crippen molar-refractivity contribution in [3.05, 3.63) is 6.07 Å². The van der Waals surface area contributed by atoms with Gasteiger partial charge in [-0.1, -0.05) is 0 Å². The van der Waals surface area contributed by atoms with Gasteiger partial charge in [-0.15, -0.1) is 0 Å². The quantitative estimate of drug-likeness (QED) is 0.787. The van der Waals surface area contributed by atoms with Gasteiger partial charge in [-0.3, -0.25) is 0 Å². The Kier molecular flexibility index (Phi) is 2.81. The van der Waals surface area contributed by atoms with E-state index in [0.717, 1.165) is 37.9 Å². The molecule has 0 unspecified atom stereocenters. The van der Waals surface area contributed by atoms with Crippen molar-refractivity contribution in [2.45, 2.75) is 19.9 Å². The zero-order valence-corrected chi connectivity index (χ0v) is 9.31. The molecule has 2 heterocycles. The smallest absolute Gasteiger partial charge is 0.152 e. The zero-order valence-electron chi connectivity index (χ0n) is 9.31. The van der Waals surface area contributed by atoms with Gasteiger partial charge in [0.25, 0.3) is 0 Å². The molecule has 0 amide bonds. The van der Waals surface area contributed by atoms with Crippen LogP contribution in [0.5, 0.6) is 0 Å². The summed E-state index contributed by atoms with van der Waals surface area (Å²) < 4.78 is 7.15. The molecule has 1 aromatic heterocycles. The van der Waals surface area contributed by atoms with E-state index >= 15 is 0 Å². The van der Waals surface area contributed by atoms with Gasteiger partial charge >= 0.3 is 0 Å². The van der Waals surface area contributed by atoms with Crippen LogP contribution in [0.2, 0.25) is 0 Å². The van der Waals surface area contributed by atoms with Crippen molar-refractivity contribution in [1.82, 2.24) is 9.78 Å². The first-order valence-electron chi connectivity index (χ1n) is 5.36. The minimum absolute atomic E-state index is 0.305. The number of rotatable bonds is 2. The number of hydrogen-bond acceptors (Lipinski definition) is 4. The van der Waals surface area contributed by atoms with E-state index in [2.05, 4.69) is 23.8 Å². The van der Waals surface area contributed by atoms with E-state index in [0.29, 0.717) is 6.04 Å². The predicted molar refractivity (Wildman–Crippen MR) is 60.1 cm³/mol. The van der Waals surface area contributed by atoms with Crippen molar-refractivity contribution in [2.24, 2.45) is 0 Å². The molecular weight excluding hydrogens is 192 g/mol. The molecule has 5 heteroatoms. The van der Waals surface area contributed by atoms with Crippen LogP contribution in [-0.2, 0) is 4.74 Å². The fraction of sp³-hybridized carbons (Fsp3) is 0.700. The Bertz CT molecular complexity index is 328. The molecule has 0 aromatic carbocycles. The van der Waals surface area contributed by atoms with Crippen LogP contribution in [0.25, 0.3) is 0 Å². The molecule has 1 saturated heterocycles. The monoisotopic (exact) mass is 210 g/mol. The summed E-state index contributed by atoms with van der Waals surface area (Å²) in [6, 6.07) is 2.24. The van der Waals surface area contributed by atoms with Crippen molar-refractivity contribution in [2.75, 3.05) is 36.9 Å². The van der Waals surface area contributed by atoms with E-state index in [1.54, 1.807) is 0 Å². The molecule has 0 bridgehead atoms. The normalized spacial score (nSPS) is 17.4. The van der Waals surface area contributed by atoms with Crippen LogP contribution in [0.15, 0.2) is 6.07 Å². The molecule has 2 rings (SSSR count). The lowest BCUT2D eigenvalue weighted by atomic mass is 10.4. The molecule has 0 radical (unpaired) electrons. The number of nitrogens with zero attached hydrogens (tertiary/aromatic N) is 3. The van der Waals surface area contributed by atoms with Crippen molar-refractivity contribution < 1.29 is 4.74 Å². The van der Waals surface area contributed by atoms with Crippen molar-refractivity contribution in [3.63, 3.8) is 0 Å². The van der Waals surface area contributed by atoms with E-state index in [1.807, 2.05) is 10.7 Å². The van der Waals surface area contributed by atoms with Crippen LogP contribution < -0.4 is 10.6 Å². The molecule has 1 aromatic rings. The maximum absolute atomic E-state index is 5.89. The number of aromatic nitrogens is 2. The molecule has 0 aliphatic carbocycles. The highest BCUT2D eigenvalue weighted by atomic mass is 16.5. The molecule has 0 spiro atoms. The largest absolute Gasteiger partial charge is 0.384 e. The Morgan fingerprint density at radius 3 is 2.60 bits per heavy atom. The van der Waals surface area contributed by atoms with Gasteiger partial charge in [0.05, 0.1) is 13.2 Å². The highest BCUT2D eigenvalue weighted by molar-refractivity contribution is 5.48. The van der Waals surface area contributed by atoms with Crippen molar-refractivity contribution >= 4 is 11.6 Å². The van der Waals surface area contributed by atoms with E-state index in [1.165, 1.54) is 0 Å². The van der Waals surface area contributed by atoms with Gasteiger partial charge in [0.1, 0.15) is 5.82 Å². The third-order valence-corrected chi connectivity index (χ3v) is 2.58.